The third kappa shape index (κ3) is 2.64. The molecule has 4 nitrogen and oxygen atoms in total. The van der Waals surface area contributed by atoms with Crippen LogP contribution < -0.4 is 10.9 Å². The van der Waals surface area contributed by atoms with Gasteiger partial charge in [-0.1, -0.05) is 31.2 Å². The molecular formula is C16H18N2O2. The van der Waals surface area contributed by atoms with E-state index < -0.39 is 0 Å². The number of benzene rings is 1. The lowest BCUT2D eigenvalue weighted by molar-refractivity contribution is 0.0947. The molecule has 0 spiro atoms. The molecule has 0 aliphatic heterocycles. The third-order valence-electron chi connectivity index (χ3n) is 3.11. The van der Waals surface area contributed by atoms with E-state index in [1.807, 2.05) is 25.1 Å². The van der Waals surface area contributed by atoms with Crippen LogP contribution in [0.2, 0.25) is 0 Å². The highest BCUT2D eigenvalue weighted by Crippen LogP contribution is 2.12. The Labute approximate surface area is 117 Å². The van der Waals surface area contributed by atoms with E-state index >= 15 is 0 Å². The summed E-state index contributed by atoms with van der Waals surface area (Å²) < 4.78 is 1.54. The molecule has 0 aliphatic rings. The topological polar surface area (TPSA) is 51.1 Å². The number of nitrogens with one attached hydrogen (secondary N) is 1. The molecular weight excluding hydrogens is 252 g/mol. The van der Waals surface area contributed by atoms with E-state index in [-0.39, 0.29) is 11.5 Å². The molecule has 1 aromatic carbocycles. The van der Waals surface area contributed by atoms with E-state index in [2.05, 4.69) is 11.9 Å². The van der Waals surface area contributed by atoms with Crippen LogP contribution in [0.3, 0.4) is 0 Å². The second-order valence-corrected chi connectivity index (χ2v) is 4.57. The maximum Gasteiger partial charge on any atom is 0.268 e. The van der Waals surface area contributed by atoms with Crippen LogP contribution in [0, 0.1) is 0 Å². The maximum atomic E-state index is 12.5. The van der Waals surface area contributed by atoms with Gasteiger partial charge in [0, 0.05) is 18.5 Å². The number of amides is 1. The van der Waals surface area contributed by atoms with Crippen molar-refractivity contribution in [2.75, 3.05) is 6.54 Å². The molecule has 0 aliphatic carbocycles. The Morgan fingerprint density at radius 2 is 2.15 bits per heavy atom. The molecule has 1 aromatic heterocycles. The van der Waals surface area contributed by atoms with Crippen molar-refractivity contribution >= 4 is 16.7 Å². The second kappa shape index (κ2) is 6.19. The molecule has 0 atom stereocenters. The molecule has 0 fully saturated rings. The normalized spacial score (nSPS) is 10.4. The standard InChI is InChI=1S/C16H18N2O2/c1-3-9-17-15(19)14-11-12-7-5-6-8-13(12)16(20)18(14)10-4-2/h3,5-8,11H,1,4,9-10H2,2H3,(H,17,19). The summed E-state index contributed by atoms with van der Waals surface area (Å²) in [5.74, 6) is -0.249. The molecule has 20 heavy (non-hydrogen) atoms. The summed E-state index contributed by atoms with van der Waals surface area (Å²) >= 11 is 0. The molecule has 2 rings (SSSR count). The number of carbonyl (C=O) groups is 1. The monoisotopic (exact) mass is 270 g/mol. The highest BCUT2D eigenvalue weighted by molar-refractivity contribution is 5.96. The Morgan fingerprint density at radius 3 is 2.85 bits per heavy atom. The van der Waals surface area contributed by atoms with Gasteiger partial charge in [-0.15, -0.1) is 6.58 Å². The van der Waals surface area contributed by atoms with E-state index in [1.54, 1.807) is 22.8 Å². The zero-order valence-corrected chi connectivity index (χ0v) is 11.6. The molecule has 1 heterocycles. The van der Waals surface area contributed by atoms with Crippen molar-refractivity contribution in [2.24, 2.45) is 0 Å². The summed E-state index contributed by atoms with van der Waals surface area (Å²) in [7, 11) is 0. The second-order valence-electron chi connectivity index (χ2n) is 4.57. The van der Waals surface area contributed by atoms with Crippen LogP contribution in [0.1, 0.15) is 23.8 Å². The Morgan fingerprint density at radius 1 is 1.40 bits per heavy atom. The van der Waals surface area contributed by atoms with E-state index in [0.717, 1.165) is 11.8 Å². The van der Waals surface area contributed by atoms with Crippen molar-refractivity contribution in [3.8, 4) is 0 Å². The van der Waals surface area contributed by atoms with Crippen molar-refractivity contribution in [3.05, 3.63) is 59.0 Å². The molecule has 2 aromatic rings. The third-order valence-corrected chi connectivity index (χ3v) is 3.11. The summed E-state index contributed by atoms with van der Waals surface area (Å²) in [5.41, 5.74) is 0.283. The largest absolute Gasteiger partial charge is 0.347 e. The summed E-state index contributed by atoms with van der Waals surface area (Å²) in [6.07, 6.45) is 2.40. The van der Waals surface area contributed by atoms with Gasteiger partial charge in [-0.25, -0.2) is 0 Å². The first-order valence-electron chi connectivity index (χ1n) is 6.70. The number of carbonyl (C=O) groups excluding carboxylic acids is 1. The summed E-state index contributed by atoms with van der Waals surface area (Å²) in [4.78, 5) is 24.7. The number of hydrogen-bond acceptors (Lipinski definition) is 2. The summed E-state index contributed by atoms with van der Waals surface area (Å²) in [5, 5.41) is 4.15. The number of hydrogen-bond donors (Lipinski definition) is 1. The Kier molecular flexibility index (Phi) is 4.35. The molecule has 0 radical (unpaired) electrons. The number of fused-ring (bicyclic) bond motifs is 1. The van der Waals surface area contributed by atoms with Crippen LogP contribution in [0.25, 0.3) is 10.8 Å². The van der Waals surface area contributed by atoms with Crippen LogP contribution in [0.5, 0.6) is 0 Å². The lowest BCUT2D eigenvalue weighted by atomic mass is 10.1. The quantitative estimate of drug-likeness (QED) is 0.848. The van der Waals surface area contributed by atoms with Gasteiger partial charge in [0.15, 0.2) is 0 Å². The fourth-order valence-electron chi connectivity index (χ4n) is 2.19. The summed E-state index contributed by atoms with van der Waals surface area (Å²) in [6.45, 7) is 6.46. The average Bonchev–Trinajstić information content (AvgIpc) is 2.47. The minimum atomic E-state index is -0.249. The summed E-state index contributed by atoms with van der Waals surface area (Å²) in [6, 6.07) is 9.09. The fraction of sp³-hybridized carbons (Fsp3) is 0.250. The Bertz CT molecular complexity index is 701. The van der Waals surface area contributed by atoms with Crippen molar-refractivity contribution in [1.29, 1.82) is 0 Å². The van der Waals surface area contributed by atoms with Gasteiger partial charge in [-0.2, -0.15) is 0 Å². The number of nitrogens with zero attached hydrogens (tertiary/aromatic N) is 1. The van der Waals surface area contributed by atoms with Gasteiger partial charge in [-0.05, 0) is 23.9 Å². The van der Waals surface area contributed by atoms with Gasteiger partial charge in [0.05, 0.1) is 0 Å². The minimum Gasteiger partial charge on any atom is -0.347 e. The van der Waals surface area contributed by atoms with Crippen molar-refractivity contribution in [3.63, 3.8) is 0 Å². The number of rotatable bonds is 5. The van der Waals surface area contributed by atoms with Gasteiger partial charge < -0.3 is 9.88 Å². The first kappa shape index (κ1) is 14.1. The molecule has 1 N–H and O–H groups in total. The minimum absolute atomic E-state index is 0.117. The average molecular weight is 270 g/mol. The van der Waals surface area contributed by atoms with E-state index in [0.29, 0.717) is 24.2 Å². The SMILES string of the molecule is C=CCNC(=O)c1cc2ccccc2c(=O)n1CCC. The van der Waals surface area contributed by atoms with E-state index in [4.69, 9.17) is 0 Å². The van der Waals surface area contributed by atoms with Gasteiger partial charge in [-0.3, -0.25) is 9.59 Å². The van der Waals surface area contributed by atoms with Crippen LogP contribution in [0.15, 0.2) is 47.8 Å². The predicted molar refractivity (Wildman–Crippen MR) is 81.0 cm³/mol. The zero-order chi connectivity index (χ0) is 14.5. The van der Waals surface area contributed by atoms with Crippen LogP contribution >= 0.6 is 0 Å². The lowest BCUT2D eigenvalue weighted by Crippen LogP contribution is -2.32. The molecule has 0 bridgehead atoms. The van der Waals surface area contributed by atoms with Gasteiger partial charge in [0.2, 0.25) is 0 Å². The Balaban J connectivity index is 2.62. The predicted octanol–water partition coefficient (Wildman–Crippen LogP) is 2.33. The number of pyridine rings is 1. The molecule has 0 saturated carbocycles. The maximum absolute atomic E-state index is 12.5. The first-order valence-corrected chi connectivity index (χ1v) is 6.70. The van der Waals surface area contributed by atoms with Crippen molar-refractivity contribution in [1.82, 2.24) is 9.88 Å². The first-order chi connectivity index (χ1) is 9.69. The molecule has 0 unspecified atom stereocenters. The van der Waals surface area contributed by atoms with E-state index in [9.17, 15) is 9.59 Å². The van der Waals surface area contributed by atoms with Gasteiger partial charge in [0.25, 0.3) is 11.5 Å². The van der Waals surface area contributed by atoms with Gasteiger partial charge in [0.1, 0.15) is 5.69 Å². The van der Waals surface area contributed by atoms with Crippen molar-refractivity contribution < 1.29 is 4.79 Å². The van der Waals surface area contributed by atoms with Crippen LogP contribution in [0.4, 0.5) is 0 Å². The molecule has 1 amide bonds. The number of aromatic nitrogens is 1. The fourth-order valence-corrected chi connectivity index (χ4v) is 2.19. The Hall–Kier alpha value is -2.36. The van der Waals surface area contributed by atoms with Crippen LogP contribution in [-0.2, 0) is 6.54 Å². The van der Waals surface area contributed by atoms with Crippen molar-refractivity contribution in [2.45, 2.75) is 19.9 Å². The molecule has 104 valence electrons. The smallest absolute Gasteiger partial charge is 0.268 e. The lowest BCUT2D eigenvalue weighted by Gasteiger charge is -2.13. The van der Waals surface area contributed by atoms with Gasteiger partial charge >= 0.3 is 0 Å². The molecule has 4 heteroatoms. The van der Waals surface area contributed by atoms with E-state index in [1.165, 1.54) is 0 Å². The zero-order valence-electron chi connectivity index (χ0n) is 11.6. The molecule has 0 saturated heterocycles. The highest BCUT2D eigenvalue weighted by Gasteiger charge is 2.14. The van der Waals surface area contributed by atoms with Crippen LogP contribution in [-0.4, -0.2) is 17.0 Å². The highest BCUT2D eigenvalue weighted by atomic mass is 16.2.